The molecule has 30 heavy (non-hydrogen) atoms. The molecular weight excluding hydrogens is 405 g/mol. The maximum atomic E-state index is 13.3. The highest BCUT2D eigenvalue weighted by molar-refractivity contribution is 6.33. The highest BCUT2D eigenvalue weighted by Gasteiger charge is 2.26. The predicted molar refractivity (Wildman–Crippen MR) is 116 cm³/mol. The van der Waals surface area contributed by atoms with E-state index in [9.17, 15) is 14.0 Å². The van der Waals surface area contributed by atoms with Crippen LogP contribution in [0.1, 0.15) is 12.0 Å². The molecular formula is C23H17ClFN3O2. The van der Waals surface area contributed by atoms with Gasteiger partial charge >= 0.3 is 0 Å². The monoisotopic (exact) mass is 421 g/mol. The largest absolute Gasteiger partial charge is 0.323 e. The van der Waals surface area contributed by atoms with E-state index in [2.05, 4.69) is 10.3 Å². The molecule has 1 N–H and O–H groups in total. The Morgan fingerprint density at radius 3 is 2.50 bits per heavy atom. The number of halogens is 2. The first-order valence-electron chi connectivity index (χ1n) is 9.28. The molecule has 0 aromatic heterocycles. The summed E-state index contributed by atoms with van der Waals surface area (Å²) in [6, 6.07) is 19.8. The molecule has 0 atom stereocenters. The molecule has 0 bridgehead atoms. The number of aliphatic imine (C=N–C) groups is 1. The van der Waals surface area contributed by atoms with Crippen molar-refractivity contribution in [3.63, 3.8) is 0 Å². The van der Waals surface area contributed by atoms with E-state index in [1.54, 1.807) is 54.6 Å². The number of para-hydroxylation sites is 3. The molecule has 4 rings (SSSR count). The molecule has 1 aliphatic heterocycles. The van der Waals surface area contributed by atoms with Crippen LogP contribution >= 0.6 is 11.6 Å². The molecule has 0 saturated carbocycles. The Kier molecular flexibility index (Phi) is 5.59. The van der Waals surface area contributed by atoms with E-state index in [-0.39, 0.29) is 30.6 Å². The topological polar surface area (TPSA) is 61.8 Å². The van der Waals surface area contributed by atoms with E-state index in [4.69, 9.17) is 11.6 Å². The Balaban J connectivity index is 1.62. The van der Waals surface area contributed by atoms with E-state index >= 15 is 0 Å². The molecule has 0 fully saturated rings. The van der Waals surface area contributed by atoms with E-state index in [0.29, 0.717) is 33.4 Å². The minimum atomic E-state index is -0.378. The maximum Gasteiger partial charge on any atom is 0.244 e. The molecule has 0 aliphatic carbocycles. The van der Waals surface area contributed by atoms with Crippen molar-refractivity contribution in [2.24, 2.45) is 4.99 Å². The van der Waals surface area contributed by atoms with Crippen molar-refractivity contribution < 1.29 is 14.0 Å². The van der Waals surface area contributed by atoms with E-state index < -0.39 is 0 Å². The van der Waals surface area contributed by atoms with Crippen LogP contribution in [0.15, 0.2) is 77.8 Å². The van der Waals surface area contributed by atoms with Gasteiger partial charge in [0.1, 0.15) is 12.4 Å². The number of nitrogens with one attached hydrogen (secondary N) is 1. The van der Waals surface area contributed by atoms with Crippen molar-refractivity contribution in [1.29, 1.82) is 0 Å². The van der Waals surface area contributed by atoms with E-state index in [1.165, 1.54) is 17.0 Å². The van der Waals surface area contributed by atoms with Gasteiger partial charge in [-0.25, -0.2) is 4.39 Å². The average Bonchev–Trinajstić information content (AvgIpc) is 2.87. The van der Waals surface area contributed by atoms with E-state index in [1.807, 2.05) is 6.07 Å². The van der Waals surface area contributed by atoms with Gasteiger partial charge in [-0.3, -0.25) is 14.6 Å². The summed E-state index contributed by atoms with van der Waals surface area (Å²) in [5.41, 5.74) is 2.74. The van der Waals surface area contributed by atoms with Crippen LogP contribution in [0.25, 0.3) is 0 Å². The number of nitrogens with zero attached hydrogens (tertiary/aromatic N) is 2. The summed E-state index contributed by atoms with van der Waals surface area (Å²) in [7, 11) is 0. The lowest BCUT2D eigenvalue weighted by Gasteiger charge is -2.22. The van der Waals surface area contributed by atoms with Crippen LogP contribution in [0.5, 0.6) is 0 Å². The summed E-state index contributed by atoms with van der Waals surface area (Å²) in [5.74, 6) is -1.02. The molecule has 1 aliphatic rings. The summed E-state index contributed by atoms with van der Waals surface area (Å²) < 4.78 is 13.3. The second-order valence-electron chi connectivity index (χ2n) is 6.74. The third kappa shape index (κ3) is 4.23. The molecule has 1 heterocycles. The van der Waals surface area contributed by atoms with Crippen LogP contribution < -0.4 is 10.2 Å². The number of carbonyl (C=O) groups is 2. The van der Waals surface area contributed by atoms with Gasteiger partial charge in [0.2, 0.25) is 11.8 Å². The van der Waals surface area contributed by atoms with Gasteiger partial charge in [0, 0.05) is 0 Å². The third-order valence-electron chi connectivity index (χ3n) is 4.67. The second-order valence-corrected chi connectivity index (χ2v) is 7.15. The fourth-order valence-electron chi connectivity index (χ4n) is 3.22. The molecule has 7 heteroatoms. The first-order valence-corrected chi connectivity index (χ1v) is 9.66. The summed E-state index contributed by atoms with van der Waals surface area (Å²) in [6.45, 7) is -0.187. The van der Waals surface area contributed by atoms with Crippen LogP contribution in [0.4, 0.5) is 21.5 Å². The molecule has 5 nitrogen and oxygen atoms in total. The average molecular weight is 422 g/mol. The number of fused-ring (bicyclic) bond motifs is 1. The number of hydrogen-bond donors (Lipinski definition) is 1. The van der Waals surface area contributed by atoms with Crippen molar-refractivity contribution in [2.45, 2.75) is 6.42 Å². The second kappa shape index (κ2) is 8.47. The van der Waals surface area contributed by atoms with Gasteiger partial charge < -0.3 is 10.2 Å². The van der Waals surface area contributed by atoms with Crippen molar-refractivity contribution in [3.8, 4) is 0 Å². The lowest BCUT2D eigenvalue weighted by atomic mass is 10.1. The number of anilines is 2. The Morgan fingerprint density at radius 2 is 1.73 bits per heavy atom. The van der Waals surface area contributed by atoms with Gasteiger partial charge in [0.15, 0.2) is 0 Å². The van der Waals surface area contributed by atoms with Crippen molar-refractivity contribution >= 4 is 46.2 Å². The maximum absolute atomic E-state index is 13.3. The molecule has 0 saturated heterocycles. The zero-order chi connectivity index (χ0) is 21.1. The van der Waals surface area contributed by atoms with Crippen molar-refractivity contribution in [2.75, 3.05) is 16.8 Å². The van der Waals surface area contributed by atoms with Crippen LogP contribution in [-0.4, -0.2) is 24.1 Å². The summed E-state index contributed by atoms with van der Waals surface area (Å²) in [6.07, 6.45) is -0.0142. The molecule has 0 spiro atoms. The fourth-order valence-corrected chi connectivity index (χ4v) is 3.41. The van der Waals surface area contributed by atoms with Gasteiger partial charge in [-0.05, 0) is 42.0 Å². The molecule has 150 valence electrons. The normalized spacial score (nSPS) is 13.3. The first-order chi connectivity index (χ1) is 14.5. The number of benzene rings is 3. The Hall–Kier alpha value is -3.51. The van der Waals surface area contributed by atoms with Gasteiger partial charge in [-0.2, -0.15) is 0 Å². The van der Waals surface area contributed by atoms with Gasteiger partial charge in [-0.1, -0.05) is 48.0 Å². The summed E-state index contributed by atoms with van der Waals surface area (Å²) in [4.78, 5) is 31.7. The zero-order valence-electron chi connectivity index (χ0n) is 15.8. The van der Waals surface area contributed by atoms with Gasteiger partial charge in [-0.15, -0.1) is 0 Å². The van der Waals surface area contributed by atoms with Gasteiger partial charge in [0.25, 0.3) is 0 Å². The van der Waals surface area contributed by atoms with Crippen LogP contribution in [0.2, 0.25) is 5.02 Å². The predicted octanol–water partition coefficient (Wildman–Crippen LogP) is 4.98. The highest BCUT2D eigenvalue weighted by Crippen LogP contribution is 2.33. The van der Waals surface area contributed by atoms with Crippen LogP contribution in [0, 0.1) is 5.82 Å². The lowest BCUT2D eigenvalue weighted by Crippen LogP contribution is -2.38. The summed E-state index contributed by atoms with van der Waals surface area (Å²) >= 11 is 6.10. The Labute approximate surface area is 177 Å². The first kappa shape index (κ1) is 19.8. The third-order valence-corrected chi connectivity index (χ3v) is 5.00. The van der Waals surface area contributed by atoms with Crippen molar-refractivity contribution in [1.82, 2.24) is 0 Å². The highest BCUT2D eigenvalue weighted by atomic mass is 35.5. The lowest BCUT2D eigenvalue weighted by molar-refractivity contribution is -0.120. The quantitative estimate of drug-likeness (QED) is 0.646. The number of hydrogen-bond acceptors (Lipinski definition) is 3. The molecule has 3 aromatic rings. The smallest absolute Gasteiger partial charge is 0.244 e. The summed E-state index contributed by atoms with van der Waals surface area (Å²) in [5, 5.41) is 3.15. The molecule has 0 unspecified atom stereocenters. The van der Waals surface area contributed by atoms with Crippen LogP contribution in [-0.2, 0) is 9.59 Å². The van der Waals surface area contributed by atoms with Gasteiger partial charge in [0.05, 0.1) is 34.2 Å². The Bertz CT molecular complexity index is 1150. The minimum Gasteiger partial charge on any atom is -0.323 e. The van der Waals surface area contributed by atoms with E-state index in [0.717, 1.165) is 0 Å². The number of amides is 2. The minimum absolute atomic E-state index is 0.0142. The number of carbonyl (C=O) groups excluding carboxylic acids is 2. The SMILES string of the molecule is O=C(CN1C(=O)CC(c2ccc(F)cc2)=Nc2ccccc21)Nc1ccccc1Cl. The standard InChI is InChI=1S/C23H17ClFN3O2/c24-17-5-1-2-6-18(17)27-22(29)14-28-21-8-4-3-7-19(21)26-20(13-23(28)30)15-9-11-16(25)12-10-15/h1-12H,13-14H2,(H,27,29). The molecule has 0 radical (unpaired) electrons. The molecule has 3 aromatic carbocycles. The molecule has 2 amide bonds. The fraction of sp³-hybridized carbons (Fsp3) is 0.0870. The van der Waals surface area contributed by atoms with Crippen molar-refractivity contribution in [3.05, 3.63) is 89.2 Å². The zero-order valence-corrected chi connectivity index (χ0v) is 16.6. The number of rotatable bonds is 4. The Morgan fingerprint density at radius 1 is 1.03 bits per heavy atom. The van der Waals surface area contributed by atoms with Crippen LogP contribution in [0.3, 0.4) is 0 Å².